The Kier molecular flexibility index (Phi) is 9.20. The third kappa shape index (κ3) is 6.65. The van der Waals surface area contributed by atoms with E-state index in [0.29, 0.717) is 42.3 Å². The van der Waals surface area contributed by atoms with Crippen LogP contribution in [-0.2, 0) is 10.0 Å². The lowest BCUT2D eigenvalue weighted by molar-refractivity contribution is 0.284. The van der Waals surface area contributed by atoms with E-state index in [1.807, 2.05) is 30.3 Å². The Balaban J connectivity index is 0.00000324. The Morgan fingerprint density at radius 3 is 2.21 bits per heavy atom. The van der Waals surface area contributed by atoms with Crippen LogP contribution in [0.25, 0.3) is 10.9 Å². The van der Waals surface area contributed by atoms with E-state index in [-0.39, 0.29) is 7.43 Å². The highest BCUT2D eigenvalue weighted by Crippen LogP contribution is 2.29. The Hall–Kier alpha value is -2.75. The number of nitrogens with two attached hydrogens (primary N) is 1. The van der Waals surface area contributed by atoms with Crippen molar-refractivity contribution in [2.24, 2.45) is 17.6 Å². The smallest absolute Gasteiger partial charge is 0.240 e. The van der Waals surface area contributed by atoms with Crippen molar-refractivity contribution in [3.05, 3.63) is 54.6 Å². The van der Waals surface area contributed by atoms with Crippen molar-refractivity contribution in [3.8, 4) is 0 Å². The van der Waals surface area contributed by atoms with E-state index in [1.165, 1.54) is 0 Å². The average Bonchev–Trinajstić information content (AvgIpc) is 2.86. The molecule has 4 rings (SSSR count). The number of fused-ring (bicyclic) bond motifs is 1. The fourth-order valence-corrected chi connectivity index (χ4v) is 5.40. The number of benzene rings is 2. The van der Waals surface area contributed by atoms with Gasteiger partial charge in [0.25, 0.3) is 0 Å². The molecule has 2 aromatic carbocycles. The Morgan fingerprint density at radius 2 is 1.50 bits per heavy atom. The maximum Gasteiger partial charge on any atom is 0.240 e. The highest BCUT2D eigenvalue weighted by atomic mass is 32.2. The molecule has 1 fully saturated rings. The number of anilines is 2. The first kappa shape index (κ1) is 25.9. The van der Waals surface area contributed by atoms with Gasteiger partial charge in [0.1, 0.15) is 5.82 Å². The van der Waals surface area contributed by atoms with E-state index in [4.69, 9.17) is 5.73 Å². The van der Waals surface area contributed by atoms with Gasteiger partial charge in [0, 0.05) is 31.6 Å². The van der Waals surface area contributed by atoms with Gasteiger partial charge in [-0.1, -0.05) is 37.8 Å². The summed E-state index contributed by atoms with van der Waals surface area (Å²) in [5.74, 6) is 2.29. The minimum Gasteiger partial charge on any atom is -0.368 e. The number of hydrogen-bond acceptors (Lipinski definition) is 7. The molecule has 0 aliphatic heterocycles. The molecular weight excluding hydrogens is 448 g/mol. The van der Waals surface area contributed by atoms with Gasteiger partial charge in [0.15, 0.2) is 0 Å². The molecule has 0 bridgehead atoms. The van der Waals surface area contributed by atoms with Gasteiger partial charge in [0.2, 0.25) is 16.0 Å². The number of para-hydroxylation sites is 1. The van der Waals surface area contributed by atoms with Gasteiger partial charge in [-0.05, 0) is 61.8 Å². The molecule has 9 heteroatoms. The van der Waals surface area contributed by atoms with Crippen molar-refractivity contribution in [2.75, 3.05) is 36.8 Å². The first-order valence-corrected chi connectivity index (χ1v) is 13.0. The van der Waals surface area contributed by atoms with Crippen LogP contribution in [0.15, 0.2) is 59.5 Å². The third-order valence-corrected chi connectivity index (χ3v) is 7.61. The number of sulfonamides is 1. The molecule has 0 spiro atoms. The molecule has 8 nitrogen and oxygen atoms in total. The second kappa shape index (κ2) is 12.1. The molecule has 184 valence electrons. The summed E-state index contributed by atoms with van der Waals surface area (Å²) >= 11 is 0. The number of nitrogens with zero attached hydrogens (tertiary/aromatic N) is 2. The molecule has 0 unspecified atom stereocenters. The van der Waals surface area contributed by atoms with Gasteiger partial charge < -0.3 is 16.4 Å². The molecule has 1 aliphatic carbocycles. The lowest BCUT2D eigenvalue weighted by Crippen LogP contribution is -2.32. The van der Waals surface area contributed by atoms with Crippen LogP contribution >= 0.6 is 0 Å². The average molecular weight is 485 g/mol. The van der Waals surface area contributed by atoms with Crippen molar-refractivity contribution >= 4 is 32.7 Å². The van der Waals surface area contributed by atoms with E-state index in [1.54, 1.807) is 24.3 Å². The summed E-state index contributed by atoms with van der Waals surface area (Å²) in [5, 5.41) is 7.68. The molecule has 1 saturated carbocycles. The van der Waals surface area contributed by atoms with Crippen LogP contribution in [0.4, 0.5) is 11.8 Å². The topological polar surface area (TPSA) is 122 Å². The van der Waals surface area contributed by atoms with Gasteiger partial charge in [-0.3, -0.25) is 0 Å². The second-order valence-corrected chi connectivity index (χ2v) is 10.3. The molecule has 1 aliphatic rings. The molecule has 3 aromatic rings. The first-order chi connectivity index (χ1) is 16.0. The zero-order valence-corrected chi connectivity index (χ0v) is 19.5. The molecule has 1 heterocycles. The summed E-state index contributed by atoms with van der Waals surface area (Å²) < 4.78 is 27.7. The summed E-state index contributed by atoms with van der Waals surface area (Å²) in [6.45, 7) is 2.47. The van der Waals surface area contributed by atoms with E-state index in [0.717, 1.165) is 48.9 Å². The van der Waals surface area contributed by atoms with E-state index < -0.39 is 10.0 Å². The van der Waals surface area contributed by atoms with Crippen LogP contribution < -0.4 is 21.1 Å². The molecule has 0 amide bonds. The molecule has 34 heavy (non-hydrogen) atoms. The Bertz CT molecular complexity index is 1150. The fraction of sp³-hybridized carbons (Fsp3) is 0.440. The third-order valence-electron chi connectivity index (χ3n) is 6.17. The summed E-state index contributed by atoms with van der Waals surface area (Å²) in [6.07, 6.45) is 4.12. The molecule has 0 atom stereocenters. The second-order valence-electron chi connectivity index (χ2n) is 8.56. The number of rotatable bonds is 10. The van der Waals surface area contributed by atoms with Crippen LogP contribution in [0.3, 0.4) is 0 Å². The summed E-state index contributed by atoms with van der Waals surface area (Å²) in [6, 6.07) is 16.5. The monoisotopic (exact) mass is 484 g/mol. The van der Waals surface area contributed by atoms with Crippen LogP contribution in [0.5, 0.6) is 0 Å². The van der Waals surface area contributed by atoms with Crippen LogP contribution in [0.2, 0.25) is 0 Å². The predicted octanol–water partition coefficient (Wildman–Crippen LogP) is 3.83. The summed E-state index contributed by atoms with van der Waals surface area (Å²) in [4.78, 5) is 9.63. The Morgan fingerprint density at radius 1 is 0.853 bits per heavy atom. The van der Waals surface area contributed by atoms with Crippen molar-refractivity contribution in [2.45, 2.75) is 38.0 Å². The summed E-state index contributed by atoms with van der Waals surface area (Å²) in [7, 11) is -3.44. The maximum atomic E-state index is 12.4. The minimum atomic E-state index is -3.44. The van der Waals surface area contributed by atoms with Crippen molar-refractivity contribution in [1.29, 1.82) is 0 Å². The van der Waals surface area contributed by atoms with E-state index in [2.05, 4.69) is 25.3 Å². The zero-order chi connectivity index (χ0) is 23.1. The zero-order valence-electron chi connectivity index (χ0n) is 18.7. The van der Waals surface area contributed by atoms with E-state index >= 15 is 0 Å². The van der Waals surface area contributed by atoms with Gasteiger partial charge >= 0.3 is 0 Å². The van der Waals surface area contributed by atoms with Crippen molar-refractivity contribution in [3.63, 3.8) is 0 Å². The first-order valence-electron chi connectivity index (χ1n) is 11.5. The molecular formula is C25H36N6O2S. The standard InChI is InChI=1S/C24H32N6O2S.CH4/c25-14-15-26-23-21-8-4-5-9-22(21)29-24(30-23)27-16-18-10-12-19(13-11-18)17-28-33(31,32)20-6-2-1-3-7-20;/h1-9,18-19,28H,10-17,25H2,(H2,26,27,29,30);1H4. The SMILES string of the molecule is C.NCCNc1nc(NCC2CCC(CNS(=O)(=O)c3ccccc3)CC2)nc2ccccc12. The van der Waals surface area contributed by atoms with Crippen molar-refractivity contribution in [1.82, 2.24) is 14.7 Å². The maximum absolute atomic E-state index is 12.4. The van der Waals surface area contributed by atoms with Crippen LogP contribution in [-0.4, -0.2) is 44.6 Å². The molecule has 0 radical (unpaired) electrons. The summed E-state index contributed by atoms with van der Waals surface area (Å²) in [5.41, 5.74) is 6.53. The van der Waals surface area contributed by atoms with Gasteiger partial charge in [-0.15, -0.1) is 0 Å². The Labute approximate surface area is 202 Å². The van der Waals surface area contributed by atoms with Crippen LogP contribution in [0, 0.1) is 11.8 Å². The lowest BCUT2D eigenvalue weighted by Gasteiger charge is -2.28. The minimum absolute atomic E-state index is 0. The molecule has 5 N–H and O–H groups in total. The van der Waals surface area contributed by atoms with Crippen molar-refractivity contribution < 1.29 is 8.42 Å². The highest BCUT2D eigenvalue weighted by Gasteiger charge is 2.23. The lowest BCUT2D eigenvalue weighted by atomic mass is 9.82. The fourth-order valence-electron chi connectivity index (χ4n) is 4.27. The van der Waals surface area contributed by atoms with E-state index in [9.17, 15) is 8.42 Å². The highest BCUT2D eigenvalue weighted by molar-refractivity contribution is 7.89. The van der Waals surface area contributed by atoms with Gasteiger partial charge in [-0.25, -0.2) is 18.1 Å². The molecule has 1 aromatic heterocycles. The molecule has 0 saturated heterocycles. The van der Waals surface area contributed by atoms with Gasteiger partial charge in [-0.2, -0.15) is 4.98 Å². The number of aromatic nitrogens is 2. The quantitative estimate of drug-likeness (QED) is 0.345. The van der Waals surface area contributed by atoms with Gasteiger partial charge in [0.05, 0.1) is 10.4 Å². The normalized spacial score (nSPS) is 18.3. The predicted molar refractivity (Wildman–Crippen MR) is 139 cm³/mol. The number of nitrogens with one attached hydrogen (secondary N) is 3. The number of hydrogen-bond donors (Lipinski definition) is 4. The van der Waals surface area contributed by atoms with Crippen LogP contribution in [0.1, 0.15) is 33.1 Å². The largest absolute Gasteiger partial charge is 0.368 e.